The number of nitrogens with zero attached hydrogens (tertiary/aromatic N) is 2. The number of hydrogen-bond donors (Lipinski definition) is 1. The van der Waals surface area contributed by atoms with Gasteiger partial charge in [-0.2, -0.15) is 0 Å². The second-order valence-electron chi connectivity index (χ2n) is 5.88. The van der Waals surface area contributed by atoms with Crippen molar-refractivity contribution in [2.75, 3.05) is 23.3 Å². The first kappa shape index (κ1) is 18.4. The molecule has 0 saturated heterocycles. The van der Waals surface area contributed by atoms with Crippen molar-refractivity contribution in [2.24, 2.45) is 0 Å². The number of rotatable bonds is 6. The van der Waals surface area contributed by atoms with Gasteiger partial charge in [0.1, 0.15) is 0 Å². The molecule has 0 aliphatic carbocycles. The van der Waals surface area contributed by atoms with Gasteiger partial charge in [-0.05, 0) is 63.6 Å². The summed E-state index contributed by atoms with van der Waals surface area (Å²) in [6, 6.07) is 10.3. The van der Waals surface area contributed by atoms with Gasteiger partial charge in [-0.15, -0.1) is 0 Å². The number of carbonyl (C=O) groups is 1. The highest BCUT2D eigenvalue weighted by atomic mass is 16.6. The summed E-state index contributed by atoms with van der Waals surface area (Å²) in [6.45, 7) is 9.62. The minimum absolute atomic E-state index is 0.0105. The molecule has 132 valence electrons. The Bertz CT molecular complexity index is 798. The second-order valence-corrected chi connectivity index (χ2v) is 5.88. The maximum absolute atomic E-state index is 12.4. The number of carbonyl (C=O) groups excluding carboxylic acids is 1. The molecule has 0 radical (unpaired) electrons. The van der Waals surface area contributed by atoms with E-state index < -0.39 is 4.92 Å². The Morgan fingerprint density at radius 2 is 1.76 bits per heavy atom. The van der Waals surface area contributed by atoms with E-state index in [1.807, 2.05) is 25.1 Å². The summed E-state index contributed by atoms with van der Waals surface area (Å²) in [5, 5.41) is 13.8. The third-order valence-corrected chi connectivity index (χ3v) is 4.24. The first-order chi connectivity index (χ1) is 11.9. The molecule has 1 amide bonds. The summed E-state index contributed by atoms with van der Waals surface area (Å²) in [5.41, 5.74) is 3.69. The normalized spacial score (nSPS) is 10.4. The topological polar surface area (TPSA) is 75.5 Å². The average molecular weight is 341 g/mol. The molecule has 0 fully saturated rings. The lowest BCUT2D eigenvalue weighted by molar-refractivity contribution is -0.385. The molecule has 2 aromatic rings. The summed E-state index contributed by atoms with van der Waals surface area (Å²) in [4.78, 5) is 25.1. The molecule has 0 atom stereocenters. The van der Waals surface area contributed by atoms with Gasteiger partial charge < -0.3 is 10.2 Å². The van der Waals surface area contributed by atoms with Crippen LogP contribution in [0.4, 0.5) is 17.1 Å². The molecular formula is C19H23N3O3. The minimum atomic E-state index is -0.451. The average Bonchev–Trinajstić information content (AvgIpc) is 2.57. The lowest BCUT2D eigenvalue weighted by Gasteiger charge is -2.22. The molecule has 1 N–H and O–H groups in total. The molecule has 0 bridgehead atoms. The number of amides is 1. The van der Waals surface area contributed by atoms with Gasteiger partial charge in [-0.1, -0.05) is 0 Å². The Morgan fingerprint density at radius 1 is 1.08 bits per heavy atom. The molecule has 0 unspecified atom stereocenters. The fraction of sp³-hybridized carbons (Fsp3) is 0.316. The first-order valence-electron chi connectivity index (χ1n) is 8.29. The van der Waals surface area contributed by atoms with Crippen molar-refractivity contribution >= 4 is 23.0 Å². The quantitative estimate of drug-likeness (QED) is 0.627. The van der Waals surface area contributed by atoms with Gasteiger partial charge in [0.15, 0.2) is 0 Å². The van der Waals surface area contributed by atoms with Crippen molar-refractivity contribution in [1.82, 2.24) is 0 Å². The van der Waals surface area contributed by atoms with Gasteiger partial charge in [0.2, 0.25) is 0 Å². The highest BCUT2D eigenvalue weighted by molar-refractivity contribution is 6.05. The Labute approximate surface area is 147 Å². The lowest BCUT2D eigenvalue weighted by Crippen LogP contribution is -2.22. The molecule has 2 rings (SSSR count). The third-order valence-electron chi connectivity index (χ3n) is 4.24. The Morgan fingerprint density at radius 3 is 2.28 bits per heavy atom. The SMILES string of the molecule is CCN(CC)c1ccc(NC(=O)c2ccc([N+](=O)[O-])c(C)c2)c(C)c1. The summed E-state index contributed by atoms with van der Waals surface area (Å²) < 4.78 is 0. The van der Waals surface area contributed by atoms with Crippen LogP contribution < -0.4 is 10.2 Å². The molecule has 0 heterocycles. The Hall–Kier alpha value is -2.89. The van der Waals surface area contributed by atoms with E-state index in [1.54, 1.807) is 6.92 Å². The second kappa shape index (κ2) is 7.79. The molecule has 0 aliphatic heterocycles. The molecule has 0 aromatic heterocycles. The van der Waals surface area contributed by atoms with E-state index in [9.17, 15) is 14.9 Å². The summed E-state index contributed by atoms with van der Waals surface area (Å²) in [7, 11) is 0. The molecule has 25 heavy (non-hydrogen) atoms. The van der Waals surface area contributed by atoms with Crippen LogP contribution in [0, 0.1) is 24.0 Å². The van der Waals surface area contributed by atoms with Crippen molar-refractivity contribution in [3.63, 3.8) is 0 Å². The van der Waals surface area contributed by atoms with E-state index in [-0.39, 0.29) is 11.6 Å². The van der Waals surface area contributed by atoms with Crippen molar-refractivity contribution in [2.45, 2.75) is 27.7 Å². The van der Waals surface area contributed by atoms with Crippen LogP contribution in [-0.2, 0) is 0 Å². The van der Waals surface area contributed by atoms with Crippen LogP contribution in [0.2, 0.25) is 0 Å². The molecular weight excluding hydrogens is 318 g/mol. The fourth-order valence-corrected chi connectivity index (χ4v) is 2.77. The van der Waals surface area contributed by atoms with E-state index >= 15 is 0 Å². The summed E-state index contributed by atoms with van der Waals surface area (Å²) >= 11 is 0. The molecule has 6 nitrogen and oxygen atoms in total. The van der Waals surface area contributed by atoms with Gasteiger partial charge in [0.25, 0.3) is 11.6 Å². The van der Waals surface area contributed by atoms with Crippen LogP contribution >= 0.6 is 0 Å². The van der Waals surface area contributed by atoms with E-state index in [0.29, 0.717) is 11.1 Å². The Kier molecular flexibility index (Phi) is 5.75. The van der Waals surface area contributed by atoms with Crippen LogP contribution in [0.15, 0.2) is 36.4 Å². The number of nitrogens with one attached hydrogen (secondary N) is 1. The van der Waals surface area contributed by atoms with Crippen LogP contribution in [0.25, 0.3) is 0 Å². The van der Waals surface area contributed by atoms with Crippen molar-refractivity contribution < 1.29 is 9.72 Å². The van der Waals surface area contributed by atoms with E-state index in [4.69, 9.17) is 0 Å². The monoisotopic (exact) mass is 341 g/mol. The predicted octanol–water partition coefficient (Wildman–Crippen LogP) is 4.31. The van der Waals surface area contributed by atoms with Crippen LogP contribution in [0.5, 0.6) is 0 Å². The Balaban J connectivity index is 2.20. The number of nitro groups is 1. The number of benzene rings is 2. The van der Waals surface area contributed by atoms with Crippen molar-refractivity contribution in [3.8, 4) is 0 Å². The maximum atomic E-state index is 12.4. The summed E-state index contributed by atoms with van der Waals surface area (Å²) in [5.74, 6) is -0.281. The minimum Gasteiger partial charge on any atom is -0.372 e. The van der Waals surface area contributed by atoms with Crippen LogP contribution in [0.3, 0.4) is 0 Å². The zero-order valence-electron chi connectivity index (χ0n) is 15.0. The van der Waals surface area contributed by atoms with Crippen LogP contribution in [-0.4, -0.2) is 23.9 Å². The maximum Gasteiger partial charge on any atom is 0.272 e. The standard InChI is InChI=1S/C19H23N3O3/c1-5-21(6-2)16-8-9-17(13(3)12-16)20-19(23)15-7-10-18(22(24)25)14(4)11-15/h7-12H,5-6H2,1-4H3,(H,20,23). The van der Waals surface area contributed by atoms with E-state index in [0.717, 1.165) is 30.0 Å². The number of nitro benzene ring substituents is 1. The molecule has 0 spiro atoms. The van der Waals surface area contributed by atoms with Crippen molar-refractivity contribution in [1.29, 1.82) is 0 Å². The first-order valence-corrected chi connectivity index (χ1v) is 8.29. The van der Waals surface area contributed by atoms with E-state index in [2.05, 4.69) is 24.1 Å². The number of aryl methyl sites for hydroxylation is 2. The number of anilines is 2. The highest BCUT2D eigenvalue weighted by Gasteiger charge is 2.15. The zero-order valence-corrected chi connectivity index (χ0v) is 15.0. The van der Waals surface area contributed by atoms with Gasteiger partial charge in [0, 0.05) is 41.7 Å². The largest absolute Gasteiger partial charge is 0.372 e. The smallest absolute Gasteiger partial charge is 0.272 e. The predicted molar refractivity (Wildman–Crippen MR) is 101 cm³/mol. The molecule has 0 aliphatic rings. The molecule has 2 aromatic carbocycles. The fourth-order valence-electron chi connectivity index (χ4n) is 2.77. The molecule has 6 heteroatoms. The van der Waals surface area contributed by atoms with Gasteiger partial charge in [0.05, 0.1) is 4.92 Å². The lowest BCUT2D eigenvalue weighted by atomic mass is 10.1. The van der Waals surface area contributed by atoms with Crippen molar-refractivity contribution in [3.05, 3.63) is 63.2 Å². The number of hydrogen-bond acceptors (Lipinski definition) is 4. The summed E-state index contributed by atoms with van der Waals surface area (Å²) in [6.07, 6.45) is 0. The highest BCUT2D eigenvalue weighted by Crippen LogP contribution is 2.24. The van der Waals surface area contributed by atoms with Gasteiger partial charge >= 0.3 is 0 Å². The third kappa shape index (κ3) is 4.15. The molecule has 0 saturated carbocycles. The van der Waals surface area contributed by atoms with Gasteiger partial charge in [-0.25, -0.2) is 0 Å². The van der Waals surface area contributed by atoms with Gasteiger partial charge in [-0.3, -0.25) is 14.9 Å². The zero-order chi connectivity index (χ0) is 18.6. The van der Waals surface area contributed by atoms with Crippen LogP contribution in [0.1, 0.15) is 35.3 Å². The van der Waals surface area contributed by atoms with E-state index in [1.165, 1.54) is 18.2 Å².